The fourth-order valence-corrected chi connectivity index (χ4v) is 2.38. The molecule has 98 valence electrons. The summed E-state index contributed by atoms with van der Waals surface area (Å²) in [5, 5.41) is 2.42. The average molecular weight is 257 g/mol. The molecule has 1 fully saturated rings. The van der Waals surface area contributed by atoms with E-state index in [1.165, 1.54) is 5.01 Å². The highest BCUT2D eigenvalue weighted by molar-refractivity contribution is 6.00. The fraction of sp³-hybridized carbons (Fsp3) is 0.286. The van der Waals surface area contributed by atoms with Crippen molar-refractivity contribution in [3.05, 3.63) is 35.0 Å². The van der Waals surface area contributed by atoms with E-state index in [1.807, 2.05) is 26.0 Å². The second-order valence-electron chi connectivity index (χ2n) is 4.88. The number of hydrogen-bond acceptors (Lipinski definition) is 2. The van der Waals surface area contributed by atoms with Crippen molar-refractivity contribution in [3.8, 4) is 0 Å². The first-order chi connectivity index (χ1) is 9.06. The predicted octanol–water partition coefficient (Wildman–Crippen LogP) is 1.66. The summed E-state index contributed by atoms with van der Waals surface area (Å²) < 4.78 is 0. The Morgan fingerprint density at radius 3 is 2.79 bits per heavy atom. The van der Waals surface area contributed by atoms with Gasteiger partial charge in [-0.2, -0.15) is 0 Å². The summed E-state index contributed by atoms with van der Waals surface area (Å²) in [4.78, 5) is 26.7. The van der Waals surface area contributed by atoms with Crippen LogP contribution in [0.2, 0.25) is 0 Å². The Labute approximate surface area is 110 Å². The van der Waals surface area contributed by atoms with Crippen LogP contribution in [0, 0.1) is 13.8 Å². The molecule has 2 heterocycles. The SMILES string of the molecule is Cc1[nH]c2ccc(C(=O)N3CCC(=O)N3)cc2c1C. The van der Waals surface area contributed by atoms with Gasteiger partial charge in [0.25, 0.3) is 5.91 Å². The number of carbonyl (C=O) groups excluding carboxylic acids is 2. The fourth-order valence-electron chi connectivity index (χ4n) is 2.38. The van der Waals surface area contributed by atoms with Gasteiger partial charge >= 0.3 is 0 Å². The highest BCUT2D eigenvalue weighted by Gasteiger charge is 2.24. The summed E-state index contributed by atoms with van der Waals surface area (Å²) in [5.41, 5.74) is 6.43. The number of hydrogen-bond donors (Lipinski definition) is 2. The van der Waals surface area contributed by atoms with Crippen LogP contribution in [0.15, 0.2) is 18.2 Å². The molecule has 2 N–H and O–H groups in total. The molecule has 0 saturated carbocycles. The van der Waals surface area contributed by atoms with E-state index in [9.17, 15) is 9.59 Å². The van der Waals surface area contributed by atoms with Gasteiger partial charge in [0.05, 0.1) is 6.54 Å². The lowest BCUT2D eigenvalue weighted by Crippen LogP contribution is -2.38. The number of nitrogens with zero attached hydrogens (tertiary/aromatic N) is 1. The molecule has 0 radical (unpaired) electrons. The molecule has 1 aromatic carbocycles. The van der Waals surface area contributed by atoms with Crippen LogP contribution < -0.4 is 5.43 Å². The Morgan fingerprint density at radius 2 is 2.11 bits per heavy atom. The average Bonchev–Trinajstić information content (AvgIpc) is 2.94. The molecule has 5 nitrogen and oxygen atoms in total. The monoisotopic (exact) mass is 257 g/mol. The Balaban J connectivity index is 1.99. The normalized spacial score (nSPS) is 15.1. The van der Waals surface area contributed by atoms with Gasteiger partial charge in [0.1, 0.15) is 0 Å². The number of rotatable bonds is 1. The Kier molecular flexibility index (Phi) is 2.55. The lowest BCUT2D eigenvalue weighted by molar-refractivity contribution is -0.120. The molecule has 0 unspecified atom stereocenters. The Bertz CT molecular complexity index is 687. The topological polar surface area (TPSA) is 65.2 Å². The van der Waals surface area contributed by atoms with Crippen molar-refractivity contribution in [2.45, 2.75) is 20.3 Å². The molecular formula is C14H15N3O2. The molecule has 2 aromatic rings. The number of amides is 2. The second kappa shape index (κ2) is 4.12. The first-order valence-corrected chi connectivity index (χ1v) is 6.26. The number of carbonyl (C=O) groups is 2. The van der Waals surface area contributed by atoms with E-state index < -0.39 is 0 Å². The smallest absolute Gasteiger partial charge is 0.272 e. The zero-order chi connectivity index (χ0) is 13.6. The summed E-state index contributed by atoms with van der Waals surface area (Å²) in [6.45, 7) is 4.47. The second-order valence-corrected chi connectivity index (χ2v) is 4.88. The van der Waals surface area contributed by atoms with E-state index in [0.717, 1.165) is 22.2 Å². The van der Waals surface area contributed by atoms with E-state index in [0.29, 0.717) is 18.5 Å². The number of fused-ring (bicyclic) bond motifs is 1. The largest absolute Gasteiger partial charge is 0.358 e. The van der Waals surface area contributed by atoms with Crippen LogP contribution in [-0.4, -0.2) is 28.4 Å². The third kappa shape index (κ3) is 1.87. The lowest BCUT2D eigenvalue weighted by atomic mass is 10.1. The lowest BCUT2D eigenvalue weighted by Gasteiger charge is -2.14. The van der Waals surface area contributed by atoms with Crippen LogP contribution in [0.4, 0.5) is 0 Å². The zero-order valence-corrected chi connectivity index (χ0v) is 10.9. The van der Waals surface area contributed by atoms with Crippen molar-refractivity contribution in [1.29, 1.82) is 0 Å². The minimum absolute atomic E-state index is 0.108. The number of hydrazine groups is 1. The molecule has 3 rings (SSSR count). The van der Waals surface area contributed by atoms with Crippen LogP contribution in [-0.2, 0) is 4.79 Å². The summed E-state index contributed by atoms with van der Waals surface area (Å²) in [5.74, 6) is -0.269. The number of aromatic nitrogens is 1. The van der Waals surface area contributed by atoms with Crippen LogP contribution in [0.25, 0.3) is 10.9 Å². The van der Waals surface area contributed by atoms with Crippen molar-refractivity contribution >= 4 is 22.7 Å². The quantitative estimate of drug-likeness (QED) is 0.816. The highest BCUT2D eigenvalue weighted by atomic mass is 16.2. The molecule has 19 heavy (non-hydrogen) atoms. The van der Waals surface area contributed by atoms with Crippen LogP contribution in [0.1, 0.15) is 28.0 Å². The van der Waals surface area contributed by atoms with Gasteiger partial charge in [0, 0.05) is 28.6 Å². The minimum atomic E-state index is -0.161. The minimum Gasteiger partial charge on any atom is -0.358 e. The first-order valence-electron chi connectivity index (χ1n) is 6.26. The van der Waals surface area contributed by atoms with Crippen LogP contribution in [0.5, 0.6) is 0 Å². The number of H-pyrrole nitrogens is 1. The Hall–Kier alpha value is -2.30. The molecule has 0 bridgehead atoms. The van der Waals surface area contributed by atoms with Crippen molar-refractivity contribution < 1.29 is 9.59 Å². The molecule has 0 atom stereocenters. The van der Waals surface area contributed by atoms with E-state index in [2.05, 4.69) is 10.4 Å². The van der Waals surface area contributed by atoms with Gasteiger partial charge in [-0.25, -0.2) is 5.01 Å². The molecule has 1 aliphatic heterocycles. The number of aromatic amines is 1. The van der Waals surface area contributed by atoms with Gasteiger partial charge in [-0.15, -0.1) is 0 Å². The number of benzene rings is 1. The molecular weight excluding hydrogens is 242 g/mol. The molecule has 1 saturated heterocycles. The maximum Gasteiger partial charge on any atom is 0.272 e. The molecule has 1 aromatic heterocycles. The van der Waals surface area contributed by atoms with Crippen molar-refractivity contribution in [3.63, 3.8) is 0 Å². The van der Waals surface area contributed by atoms with E-state index in [1.54, 1.807) is 6.07 Å². The summed E-state index contributed by atoms with van der Waals surface area (Å²) in [6, 6.07) is 5.56. The van der Waals surface area contributed by atoms with E-state index in [4.69, 9.17) is 0 Å². The number of aryl methyl sites for hydroxylation is 2. The number of nitrogens with one attached hydrogen (secondary N) is 2. The molecule has 0 spiro atoms. The summed E-state index contributed by atoms with van der Waals surface area (Å²) in [6.07, 6.45) is 0.371. The standard InChI is InChI=1S/C14H15N3O2/c1-8-9(2)15-12-4-3-10(7-11(8)12)14(19)17-6-5-13(18)16-17/h3-4,7,15H,5-6H2,1-2H3,(H,16,18). The summed E-state index contributed by atoms with van der Waals surface area (Å²) >= 11 is 0. The van der Waals surface area contributed by atoms with Gasteiger partial charge in [0.15, 0.2) is 0 Å². The predicted molar refractivity (Wildman–Crippen MR) is 71.6 cm³/mol. The van der Waals surface area contributed by atoms with Crippen molar-refractivity contribution in [2.75, 3.05) is 6.54 Å². The van der Waals surface area contributed by atoms with Gasteiger partial charge < -0.3 is 4.98 Å². The third-order valence-corrected chi connectivity index (χ3v) is 3.62. The zero-order valence-electron chi connectivity index (χ0n) is 10.9. The summed E-state index contributed by atoms with van der Waals surface area (Å²) in [7, 11) is 0. The third-order valence-electron chi connectivity index (χ3n) is 3.62. The molecule has 2 amide bonds. The first kappa shape index (κ1) is 11.8. The Morgan fingerprint density at radius 1 is 1.32 bits per heavy atom. The van der Waals surface area contributed by atoms with Crippen LogP contribution >= 0.6 is 0 Å². The van der Waals surface area contributed by atoms with Gasteiger partial charge in [-0.1, -0.05) is 0 Å². The van der Waals surface area contributed by atoms with E-state index >= 15 is 0 Å². The van der Waals surface area contributed by atoms with Crippen molar-refractivity contribution in [2.24, 2.45) is 0 Å². The molecule has 1 aliphatic rings. The maximum absolute atomic E-state index is 12.3. The van der Waals surface area contributed by atoms with E-state index in [-0.39, 0.29) is 11.8 Å². The molecule has 0 aliphatic carbocycles. The maximum atomic E-state index is 12.3. The van der Waals surface area contributed by atoms with Gasteiger partial charge in [-0.05, 0) is 37.6 Å². The van der Waals surface area contributed by atoms with Gasteiger partial charge in [0.2, 0.25) is 5.91 Å². The molecule has 5 heteroatoms. The van der Waals surface area contributed by atoms with Crippen molar-refractivity contribution in [1.82, 2.24) is 15.4 Å². The van der Waals surface area contributed by atoms with Gasteiger partial charge in [-0.3, -0.25) is 15.0 Å². The highest BCUT2D eigenvalue weighted by Crippen LogP contribution is 2.23. The van der Waals surface area contributed by atoms with Crippen LogP contribution in [0.3, 0.4) is 0 Å².